The van der Waals surface area contributed by atoms with E-state index < -0.39 is 15.3 Å². The molecule has 1 amide bonds. The highest BCUT2D eigenvalue weighted by atomic mass is 32.2. The molecule has 1 aliphatic heterocycles. The van der Waals surface area contributed by atoms with E-state index in [0.717, 1.165) is 6.42 Å². The molecule has 1 aliphatic carbocycles. The maximum atomic E-state index is 11.8. The number of hydrogen-bond donors (Lipinski definition) is 1. The van der Waals surface area contributed by atoms with E-state index in [2.05, 4.69) is 5.32 Å². The lowest BCUT2D eigenvalue weighted by Crippen LogP contribution is -2.48. The first kappa shape index (κ1) is 11.4. The van der Waals surface area contributed by atoms with E-state index >= 15 is 0 Å². The highest BCUT2D eigenvalue weighted by Gasteiger charge is 2.45. The first-order valence-corrected chi connectivity index (χ1v) is 7.22. The third kappa shape index (κ3) is 1.92. The van der Waals surface area contributed by atoms with Crippen molar-refractivity contribution in [1.29, 1.82) is 5.26 Å². The number of nitrogens with zero attached hydrogens (tertiary/aromatic N) is 1. The molecule has 0 bridgehead atoms. The molecule has 1 saturated heterocycles. The molecule has 16 heavy (non-hydrogen) atoms. The van der Waals surface area contributed by atoms with Gasteiger partial charge in [0.05, 0.1) is 17.6 Å². The fourth-order valence-corrected chi connectivity index (χ4v) is 3.83. The van der Waals surface area contributed by atoms with E-state index in [9.17, 15) is 13.2 Å². The first-order valence-electron chi connectivity index (χ1n) is 5.40. The minimum atomic E-state index is -2.98. The minimum Gasteiger partial charge on any atom is -0.351 e. The summed E-state index contributed by atoms with van der Waals surface area (Å²) in [5.74, 6) is -0.138. The standard InChI is InChI=1S/C10H14N2O3S/c11-7-10(3-1-4-10)9(13)12-8-2-5-16(14,15)6-8/h8H,1-6H2,(H,12,13). The summed E-state index contributed by atoms with van der Waals surface area (Å²) in [6.07, 6.45) is 2.54. The highest BCUT2D eigenvalue weighted by Crippen LogP contribution is 2.40. The lowest BCUT2D eigenvalue weighted by atomic mass is 9.69. The number of carbonyl (C=O) groups is 1. The van der Waals surface area contributed by atoms with E-state index in [4.69, 9.17) is 5.26 Å². The molecule has 88 valence electrons. The van der Waals surface area contributed by atoms with Crippen LogP contribution in [-0.2, 0) is 14.6 Å². The maximum Gasteiger partial charge on any atom is 0.240 e. The van der Waals surface area contributed by atoms with Crippen LogP contribution in [-0.4, -0.2) is 31.9 Å². The van der Waals surface area contributed by atoms with Crippen LogP contribution >= 0.6 is 0 Å². The Labute approximate surface area is 94.7 Å². The molecule has 0 aromatic carbocycles. The fourth-order valence-electron chi connectivity index (χ4n) is 2.15. The van der Waals surface area contributed by atoms with Crippen molar-refractivity contribution in [2.24, 2.45) is 5.41 Å². The molecule has 5 nitrogen and oxygen atoms in total. The van der Waals surface area contributed by atoms with Gasteiger partial charge in [-0.15, -0.1) is 0 Å². The lowest BCUT2D eigenvalue weighted by molar-refractivity contribution is -0.132. The summed E-state index contributed by atoms with van der Waals surface area (Å²) < 4.78 is 22.4. The van der Waals surface area contributed by atoms with Crippen molar-refractivity contribution in [1.82, 2.24) is 5.32 Å². The molecule has 1 atom stereocenters. The number of nitriles is 1. The van der Waals surface area contributed by atoms with E-state index in [1.165, 1.54) is 0 Å². The van der Waals surface area contributed by atoms with Gasteiger partial charge in [0.15, 0.2) is 9.84 Å². The normalized spacial score (nSPS) is 30.1. The van der Waals surface area contributed by atoms with Gasteiger partial charge >= 0.3 is 0 Å². The number of carbonyl (C=O) groups excluding carboxylic acids is 1. The van der Waals surface area contributed by atoms with Crippen molar-refractivity contribution in [2.45, 2.75) is 31.7 Å². The number of hydrogen-bond acceptors (Lipinski definition) is 4. The van der Waals surface area contributed by atoms with Crippen LogP contribution in [0.4, 0.5) is 0 Å². The van der Waals surface area contributed by atoms with Gasteiger partial charge in [-0.2, -0.15) is 5.26 Å². The molecular formula is C10H14N2O3S. The van der Waals surface area contributed by atoms with Gasteiger partial charge in [0.1, 0.15) is 5.41 Å². The summed E-state index contributed by atoms with van der Waals surface area (Å²) in [4.78, 5) is 11.8. The second kappa shape index (κ2) is 3.74. The van der Waals surface area contributed by atoms with E-state index in [1.54, 1.807) is 0 Å². The Bertz CT molecular complexity index is 445. The second-order valence-corrected chi connectivity index (χ2v) is 6.85. The van der Waals surface area contributed by atoms with Crippen LogP contribution in [0, 0.1) is 16.7 Å². The Morgan fingerprint density at radius 2 is 2.12 bits per heavy atom. The predicted molar refractivity (Wildman–Crippen MR) is 57.1 cm³/mol. The van der Waals surface area contributed by atoms with Crippen LogP contribution in [0.2, 0.25) is 0 Å². The van der Waals surface area contributed by atoms with Crippen LogP contribution in [0.25, 0.3) is 0 Å². The van der Waals surface area contributed by atoms with Gasteiger partial charge in [-0.05, 0) is 25.7 Å². The summed E-state index contributed by atoms with van der Waals surface area (Å²) in [5, 5.41) is 11.6. The van der Waals surface area contributed by atoms with Gasteiger partial charge < -0.3 is 5.32 Å². The Hall–Kier alpha value is -1.09. The van der Waals surface area contributed by atoms with Gasteiger partial charge in [-0.25, -0.2) is 8.42 Å². The van der Waals surface area contributed by atoms with E-state index in [-0.39, 0.29) is 23.5 Å². The van der Waals surface area contributed by atoms with Crippen LogP contribution in [0.15, 0.2) is 0 Å². The molecule has 0 aromatic rings. The van der Waals surface area contributed by atoms with E-state index in [1.807, 2.05) is 6.07 Å². The zero-order valence-electron chi connectivity index (χ0n) is 8.90. The molecule has 1 saturated carbocycles. The van der Waals surface area contributed by atoms with Gasteiger partial charge in [0.2, 0.25) is 5.91 Å². The topological polar surface area (TPSA) is 87.0 Å². The predicted octanol–water partition coefficient (Wildman–Crippen LogP) is -0.0164. The molecule has 1 heterocycles. The summed E-state index contributed by atoms with van der Waals surface area (Å²) in [6, 6.07) is 1.75. The number of amides is 1. The van der Waals surface area contributed by atoms with Crippen molar-refractivity contribution in [2.75, 3.05) is 11.5 Å². The highest BCUT2D eigenvalue weighted by molar-refractivity contribution is 7.91. The molecule has 0 aromatic heterocycles. The van der Waals surface area contributed by atoms with E-state index in [0.29, 0.717) is 19.3 Å². The van der Waals surface area contributed by atoms with Gasteiger partial charge in [-0.3, -0.25) is 4.79 Å². The SMILES string of the molecule is N#CC1(C(=O)NC2CCS(=O)(=O)C2)CCC1. The van der Waals surface area contributed by atoms with Crippen molar-refractivity contribution in [3.05, 3.63) is 0 Å². The minimum absolute atomic E-state index is 0.0141. The summed E-state index contributed by atoms with van der Waals surface area (Å²) >= 11 is 0. The maximum absolute atomic E-state index is 11.8. The number of nitrogens with one attached hydrogen (secondary N) is 1. The average Bonchev–Trinajstić information content (AvgIpc) is 2.44. The van der Waals surface area contributed by atoms with Crippen molar-refractivity contribution in [3.8, 4) is 6.07 Å². The van der Waals surface area contributed by atoms with Crippen LogP contribution in [0.3, 0.4) is 0 Å². The molecular weight excluding hydrogens is 228 g/mol. The lowest BCUT2D eigenvalue weighted by Gasteiger charge is -2.34. The molecule has 0 radical (unpaired) electrons. The monoisotopic (exact) mass is 242 g/mol. The van der Waals surface area contributed by atoms with Crippen molar-refractivity contribution >= 4 is 15.7 Å². The molecule has 6 heteroatoms. The molecule has 0 spiro atoms. The zero-order chi connectivity index (χ0) is 11.8. The van der Waals surface area contributed by atoms with Gasteiger partial charge in [0, 0.05) is 6.04 Å². The molecule has 2 aliphatic rings. The Morgan fingerprint density at radius 3 is 2.50 bits per heavy atom. The van der Waals surface area contributed by atoms with Crippen molar-refractivity contribution < 1.29 is 13.2 Å². The fraction of sp³-hybridized carbons (Fsp3) is 0.800. The molecule has 1 N–H and O–H groups in total. The van der Waals surface area contributed by atoms with Crippen LogP contribution in [0.1, 0.15) is 25.7 Å². The smallest absolute Gasteiger partial charge is 0.240 e. The van der Waals surface area contributed by atoms with Crippen LogP contribution in [0.5, 0.6) is 0 Å². The largest absolute Gasteiger partial charge is 0.351 e. The third-order valence-corrected chi connectivity index (χ3v) is 5.19. The average molecular weight is 242 g/mol. The quantitative estimate of drug-likeness (QED) is 0.737. The summed E-state index contributed by atoms with van der Waals surface area (Å²) in [6.45, 7) is 0. The van der Waals surface area contributed by atoms with Gasteiger partial charge in [-0.1, -0.05) is 0 Å². The third-order valence-electron chi connectivity index (χ3n) is 3.42. The summed E-state index contributed by atoms with van der Waals surface area (Å²) in [7, 11) is -2.98. The number of rotatable bonds is 2. The number of sulfone groups is 1. The Morgan fingerprint density at radius 1 is 1.44 bits per heavy atom. The Balaban J connectivity index is 1.97. The van der Waals surface area contributed by atoms with Crippen LogP contribution < -0.4 is 5.32 Å². The molecule has 2 fully saturated rings. The van der Waals surface area contributed by atoms with Crippen molar-refractivity contribution in [3.63, 3.8) is 0 Å². The van der Waals surface area contributed by atoms with Gasteiger partial charge in [0.25, 0.3) is 0 Å². The first-order chi connectivity index (χ1) is 7.47. The molecule has 2 rings (SSSR count). The molecule has 1 unspecified atom stereocenters. The second-order valence-electron chi connectivity index (χ2n) is 4.62. The summed E-state index contributed by atoms with van der Waals surface area (Å²) in [5.41, 5.74) is -0.883. The zero-order valence-corrected chi connectivity index (χ0v) is 9.72. The Kier molecular flexibility index (Phi) is 2.66.